The minimum Gasteiger partial charge on any atom is -0.497 e. The van der Waals surface area contributed by atoms with Crippen LogP contribution >= 0.6 is 0 Å². The first kappa shape index (κ1) is 19.7. The van der Waals surface area contributed by atoms with Crippen LogP contribution in [0.3, 0.4) is 0 Å². The number of carbonyl (C=O) groups is 1. The second-order valence-corrected chi connectivity index (χ2v) is 7.62. The predicted molar refractivity (Wildman–Crippen MR) is 112 cm³/mol. The molecular weight excluding hydrogens is 352 g/mol. The van der Waals surface area contributed by atoms with E-state index in [4.69, 9.17) is 9.47 Å². The lowest BCUT2D eigenvalue weighted by molar-refractivity contribution is 0.0528. The van der Waals surface area contributed by atoms with Crippen molar-refractivity contribution in [1.82, 2.24) is 10.3 Å². The summed E-state index contributed by atoms with van der Waals surface area (Å²) >= 11 is 0. The molecule has 0 atom stereocenters. The van der Waals surface area contributed by atoms with Crippen molar-refractivity contribution >= 4 is 17.0 Å². The fraction of sp³-hybridized carbons (Fsp3) is 0.304. The van der Waals surface area contributed by atoms with Crippen LogP contribution in [0.15, 0.2) is 54.7 Å². The lowest BCUT2D eigenvalue weighted by Crippen LogP contribution is -2.33. The predicted octanol–water partition coefficient (Wildman–Crippen LogP) is 4.98. The summed E-state index contributed by atoms with van der Waals surface area (Å²) in [6, 6.07) is 16.3. The van der Waals surface area contributed by atoms with Gasteiger partial charge in [-0.3, -0.25) is 4.98 Å². The van der Waals surface area contributed by atoms with Gasteiger partial charge in [-0.2, -0.15) is 0 Å². The Morgan fingerprint density at radius 3 is 2.50 bits per heavy atom. The number of amides is 1. The van der Waals surface area contributed by atoms with Gasteiger partial charge in [0.1, 0.15) is 11.4 Å². The van der Waals surface area contributed by atoms with Crippen LogP contribution in [-0.4, -0.2) is 30.3 Å². The van der Waals surface area contributed by atoms with E-state index in [-0.39, 0.29) is 6.09 Å². The molecule has 146 valence electrons. The van der Waals surface area contributed by atoms with Crippen molar-refractivity contribution < 1.29 is 14.3 Å². The molecule has 0 spiro atoms. The number of nitrogens with zero attached hydrogens (tertiary/aromatic N) is 1. The quantitative estimate of drug-likeness (QED) is 0.680. The fourth-order valence-electron chi connectivity index (χ4n) is 2.98. The topological polar surface area (TPSA) is 60.5 Å². The van der Waals surface area contributed by atoms with Gasteiger partial charge >= 0.3 is 6.09 Å². The largest absolute Gasteiger partial charge is 0.497 e. The number of carbonyl (C=O) groups excluding carboxylic acids is 1. The zero-order valence-corrected chi connectivity index (χ0v) is 16.8. The molecule has 1 heterocycles. The molecule has 0 bridgehead atoms. The molecule has 1 N–H and O–H groups in total. The molecule has 0 radical (unpaired) electrons. The van der Waals surface area contributed by atoms with Gasteiger partial charge in [0.2, 0.25) is 0 Å². The molecule has 0 unspecified atom stereocenters. The third-order valence-electron chi connectivity index (χ3n) is 4.30. The number of rotatable bonds is 5. The summed E-state index contributed by atoms with van der Waals surface area (Å²) in [6.45, 7) is 6.08. The Morgan fingerprint density at radius 1 is 1.07 bits per heavy atom. The number of aromatic nitrogens is 1. The molecule has 0 aliphatic carbocycles. The molecule has 0 saturated carbocycles. The Morgan fingerprint density at radius 2 is 1.82 bits per heavy atom. The third kappa shape index (κ3) is 5.00. The van der Waals surface area contributed by atoms with Gasteiger partial charge in [0.15, 0.2) is 0 Å². The molecule has 1 aromatic heterocycles. The molecule has 0 aliphatic heterocycles. The van der Waals surface area contributed by atoms with Gasteiger partial charge in [0, 0.05) is 18.1 Å². The summed E-state index contributed by atoms with van der Waals surface area (Å²) in [4.78, 5) is 16.2. The highest BCUT2D eigenvalue weighted by atomic mass is 16.6. The number of pyridine rings is 1. The van der Waals surface area contributed by atoms with Gasteiger partial charge in [-0.1, -0.05) is 24.3 Å². The first-order chi connectivity index (χ1) is 13.4. The number of ether oxygens (including phenoxy) is 2. The number of alkyl carbamates (subject to hydrolysis) is 1. The highest BCUT2D eigenvalue weighted by Gasteiger charge is 2.15. The van der Waals surface area contributed by atoms with Crippen molar-refractivity contribution in [2.24, 2.45) is 0 Å². The van der Waals surface area contributed by atoms with Crippen LogP contribution in [0.2, 0.25) is 0 Å². The maximum atomic E-state index is 11.7. The Balaban J connectivity index is 1.70. The van der Waals surface area contributed by atoms with Crippen LogP contribution in [0.1, 0.15) is 26.3 Å². The van der Waals surface area contributed by atoms with Crippen molar-refractivity contribution in [2.45, 2.75) is 32.8 Å². The van der Waals surface area contributed by atoms with Gasteiger partial charge in [0.05, 0.1) is 12.6 Å². The standard InChI is InChI=1S/C23H26N2O3/c1-23(2,3)28-22(26)25-13-11-16-5-7-17(8-6-16)19-12-14-24-21-10-9-18(27-4)15-20(19)21/h5-10,12,14-15H,11,13H2,1-4H3,(H,25,26). The van der Waals surface area contributed by atoms with Crippen LogP contribution in [-0.2, 0) is 11.2 Å². The number of benzene rings is 2. The van der Waals surface area contributed by atoms with Gasteiger partial charge in [-0.05, 0) is 68.1 Å². The van der Waals surface area contributed by atoms with Crippen LogP contribution in [0.5, 0.6) is 5.75 Å². The molecule has 5 heteroatoms. The van der Waals surface area contributed by atoms with E-state index in [1.807, 2.05) is 51.2 Å². The lowest BCUT2D eigenvalue weighted by Gasteiger charge is -2.19. The maximum Gasteiger partial charge on any atom is 0.407 e. The number of hydrogen-bond acceptors (Lipinski definition) is 4. The average molecular weight is 378 g/mol. The minimum absolute atomic E-state index is 0.388. The summed E-state index contributed by atoms with van der Waals surface area (Å²) in [5.41, 5.74) is 3.83. The third-order valence-corrected chi connectivity index (χ3v) is 4.30. The van der Waals surface area contributed by atoms with Crippen LogP contribution in [0.4, 0.5) is 4.79 Å². The zero-order chi connectivity index (χ0) is 20.1. The van der Waals surface area contributed by atoms with E-state index in [0.29, 0.717) is 6.54 Å². The number of fused-ring (bicyclic) bond motifs is 1. The molecule has 0 saturated heterocycles. The van der Waals surface area contributed by atoms with E-state index < -0.39 is 5.60 Å². The molecule has 2 aromatic carbocycles. The van der Waals surface area contributed by atoms with Crippen molar-refractivity contribution in [3.05, 3.63) is 60.3 Å². The van der Waals surface area contributed by atoms with Gasteiger partial charge < -0.3 is 14.8 Å². The highest BCUT2D eigenvalue weighted by molar-refractivity contribution is 5.95. The molecule has 0 fully saturated rings. The van der Waals surface area contributed by atoms with Crippen molar-refractivity contribution in [3.8, 4) is 16.9 Å². The summed E-state index contributed by atoms with van der Waals surface area (Å²) in [5, 5.41) is 3.84. The van der Waals surface area contributed by atoms with Crippen LogP contribution < -0.4 is 10.1 Å². The normalized spacial score (nSPS) is 11.3. The summed E-state index contributed by atoms with van der Waals surface area (Å²) in [5.74, 6) is 0.812. The SMILES string of the molecule is COc1ccc2nccc(-c3ccc(CCNC(=O)OC(C)(C)C)cc3)c2c1. The average Bonchev–Trinajstić information content (AvgIpc) is 2.66. The molecular formula is C23H26N2O3. The summed E-state index contributed by atoms with van der Waals surface area (Å²) in [6.07, 6.45) is 2.18. The van der Waals surface area contributed by atoms with Gasteiger partial charge in [-0.25, -0.2) is 4.79 Å². The lowest BCUT2D eigenvalue weighted by atomic mass is 9.99. The Labute approximate surface area is 165 Å². The van der Waals surface area contributed by atoms with Crippen molar-refractivity contribution in [1.29, 1.82) is 0 Å². The van der Waals surface area contributed by atoms with Crippen LogP contribution in [0.25, 0.3) is 22.0 Å². The van der Waals surface area contributed by atoms with Gasteiger partial charge in [-0.15, -0.1) is 0 Å². The molecule has 0 aliphatic rings. The number of methoxy groups -OCH3 is 1. The molecule has 3 rings (SSSR count). The fourth-order valence-corrected chi connectivity index (χ4v) is 2.98. The number of nitrogens with one attached hydrogen (secondary N) is 1. The first-order valence-electron chi connectivity index (χ1n) is 9.35. The Hall–Kier alpha value is -3.08. The Kier molecular flexibility index (Phi) is 5.83. The second kappa shape index (κ2) is 8.30. The first-order valence-corrected chi connectivity index (χ1v) is 9.35. The smallest absolute Gasteiger partial charge is 0.407 e. The summed E-state index contributed by atoms with van der Waals surface area (Å²) < 4.78 is 10.6. The molecule has 5 nitrogen and oxygen atoms in total. The minimum atomic E-state index is -0.484. The molecule has 3 aromatic rings. The molecule has 28 heavy (non-hydrogen) atoms. The monoisotopic (exact) mass is 378 g/mol. The summed E-state index contributed by atoms with van der Waals surface area (Å²) in [7, 11) is 1.66. The van der Waals surface area contributed by atoms with Gasteiger partial charge in [0.25, 0.3) is 0 Å². The maximum absolute atomic E-state index is 11.7. The number of hydrogen-bond donors (Lipinski definition) is 1. The van der Waals surface area contributed by atoms with E-state index in [9.17, 15) is 4.79 Å². The second-order valence-electron chi connectivity index (χ2n) is 7.62. The van der Waals surface area contributed by atoms with Crippen LogP contribution in [0, 0.1) is 0 Å². The van der Waals surface area contributed by atoms with Crippen molar-refractivity contribution in [2.75, 3.05) is 13.7 Å². The van der Waals surface area contributed by atoms with E-state index in [0.717, 1.165) is 39.8 Å². The highest BCUT2D eigenvalue weighted by Crippen LogP contribution is 2.30. The van der Waals surface area contributed by atoms with E-state index in [2.05, 4.69) is 34.6 Å². The zero-order valence-electron chi connectivity index (χ0n) is 16.8. The van der Waals surface area contributed by atoms with E-state index in [1.54, 1.807) is 7.11 Å². The molecule has 1 amide bonds. The Bertz CT molecular complexity index is 960. The van der Waals surface area contributed by atoms with E-state index in [1.165, 1.54) is 0 Å². The van der Waals surface area contributed by atoms with E-state index >= 15 is 0 Å². The van der Waals surface area contributed by atoms with Crippen molar-refractivity contribution in [3.63, 3.8) is 0 Å².